The molecule has 6 heteroatoms. The predicted octanol–water partition coefficient (Wildman–Crippen LogP) is 3.29. The van der Waals surface area contributed by atoms with Gasteiger partial charge in [-0.2, -0.15) is 0 Å². The van der Waals surface area contributed by atoms with Crippen molar-refractivity contribution in [1.29, 1.82) is 0 Å². The maximum atomic E-state index is 12.4. The minimum absolute atomic E-state index is 0.0294. The van der Waals surface area contributed by atoms with Crippen molar-refractivity contribution in [2.75, 3.05) is 18.4 Å². The Morgan fingerprint density at radius 2 is 2.12 bits per heavy atom. The topological polar surface area (TPSA) is 65.5 Å². The van der Waals surface area contributed by atoms with Crippen LogP contribution >= 0.6 is 11.6 Å². The van der Waals surface area contributed by atoms with E-state index in [-0.39, 0.29) is 17.6 Å². The lowest BCUT2D eigenvalue weighted by Gasteiger charge is -2.31. The zero-order valence-electron chi connectivity index (χ0n) is 13.3. The third kappa shape index (κ3) is 4.24. The van der Waals surface area contributed by atoms with Crippen molar-refractivity contribution in [2.24, 2.45) is 5.92 Å². The molecule has 1 fully saturated rings. The Labute approximate surface area is 146 Å². The fraction of sp³-hybridized carbons (Fsp3) is 0.333. The minimum Gasteiger partial charge on any atom is -0.506 e. The molecule has 5 nitrogen and oxygen atoms in total. The van der Waals surface area contributed by atoms with Gasteiger partial charge < -0.3 is 10.4 Å². The van der Waals surface area contributed by atoms with Crippen molar-refractivity contribution < 1.29 is 9.90 Å². The van der Waals surface area contributed by atoms with E-state index in [0.717, 1.165) is 32.5 Å². The fourth-order valence-corrected chi connectivity index (χ4v) is 3.12. The molecule has 2 N–H and O–H groups in total. The highest BCUT2D eigenvalue weighted by atomic mass is 35.5. The summed E-state index contributed by atoms with van der Waals surface area (Å²) in [7, 11) is 0. The van der Waals surface area contributed by atoms with Crippen molar-refractivity contribution in [3.05, 3.63) is 53.3 Å². The lowest BCUT2D eigenvalue weighted by Crippen LogP contribution is -2.37. The highest BCUT2D eigenvalue weighted by molar-refractivity contribution is 6.31. The maximum absolute atomic E-state index is 12.4. The van der Waals surface area contributed by atoms with Gasteiger partial charge in [-0.15, -0.1) is 0 Å². The SMILES string of the molecule is O=C(Nc1cc(Cl)ccc1O)C1CCN(Cc2cccnc2)CC1. The number of halogens is 1. The van der Waals surface area contributed by atoms with Gasteiger partial charge >= 0.3 is 0 Å². The number of likely N-dealkylation sites (tertiary alicyclic amines) is 1. The van der Waals surface area contributed by atoms with Crippen molar-refractivity contribution >= 4 is 23.2 Å². The molecular weight excluding hydrogens is 326 g/mol. The molecule has 0 spiro atoms. The quantitative estimate of drug-likeness (QED) is 0.834. The van der Waals surface area contributed by atoms with Crippen LogP contribution in [0.15, 0.2) is 42.7 Å². The molecule has 0 aliphatic carbocycles. The van der Waals surface area contributed by atoms with Gasteiger partial charge in [-0.1, -0.05) is 17.7 Å². The van der Waals surface area contributed by atoms with Crippen LogP contribution in [0.1, 0.15) is 18.4 Å². The van der Waals surface area contributed by atoms with E-state index < -0.39 is 0 Å². The second-order valence-electron chi connectivity index (χ2n) is 6.06. The van der Waals surface area contributed by atoms with E-state index in [1.807, 2.05) is 12.3 Å². The van der Waals surface area contributed by atoms with E-state index >= 15 is 0 Å². The number of rotatable bonds is 4. The summed E-state index contributed by atoms with van der Waals surface area (Å²) >= 11 is 5.91. The summed E-state index contributed by atoms with van der Waals surface area (Å²) in [5.41, 5.74) is 1.55. The molecule has 0 unspecified atom stereocenters. The van der Waals surface area contributed by atoms with E-state index in [0.29, 0.717) is 10.7 Å². The van der Waals surface area contributed by atoms with Gasteiger partial charge in [-0.05, 0) is 55.8 Å². The van der Waals surface area contributed by atoms with Gasteiger partial charge in [-0.3, -0.25) is 14.7 Å². The summed E-state index contributed by atoms with van der Waals surface area (Å²) in [6.45, 7) is 2.60. The Balaban J connectivity index is 1.52. The number of pyridine rings is 1. The first kappa shape index (κ1) is 16.7. The van der Waals surface area contributed by atoms with Crippen LogP contribution in [0, 0.1) is 5.92 Å². The van der Waals surface area contributed by atoms with E-state index in [1.54, 1.807) is 18.3 Å². The third-order valence-corrected chi connectivity index (χ3v) is 4.54. The van der Waals surface area contributed by atoms with Crippen molar-refractivity contribution in [1.82, 2.24) is 9.88 Å². The Morgan fingerprint density at radius 3 is 2.83 bits per heavy atom. The molecule has 1 saturated heterocycles. The van der Waals surface area contributed by atoms with E-state index in [9.17, 15) is 9.90 Å². The molecule has 0 atom stereocenters. The van der Waals surface area contributed by atoms with Crippen LogP contribution in [-0.4, -0.2) is 34.0 Å². The highest BCUT2D eigenvalue weighted by Crippen LogP contribution is 2.28. The number of anilines is 1. The Kier molecular flexibility index (Phi) is 5.33. The van der Waals surface area contributed by atoms with Crippen LogP contribution in [0.4, 0.5) is 5.69 Å². The lowest BCUT2D eigenvalue weighted by atomic mass is 9.95. The summed E-state index contributed by atoms with van der Waals surface area (Å²) < 4.78 is 0. The molecule has 0 bridgehead atoms. The molecular formula is C18H20ClN3O2. The standard InChI is InChI=1S/C18H20ClN3O2/c19-15-3-4-17(23)16(10-15)21-18(24)14-5-8-22(9-6-14)12-13-2-1-7-20-11-13/h1-4,7,10-11,14,23H,5-6,8-9,12H2,(H,21,24). The molecule has 3 rings (SSSR count). The number of aromatic nitrogens is 1. The van der Waals surface area contributed by atoms with E-state index in [1.165, 1.54) is 11.6 Å². The van der Waals surface area contributed by atoms with Crippen molar-refractivity contribution in [3.63, 3.8) is 0 Å². The van der Waals surface area contributed by atoms with Gasteiger partial charge in [0.15, 0.2) is 0 Å². The van der Waals surface area contributed by atoms with Crippen molar-refractivity contribution in [3.8, 4) is 5.75 Å². The Bertz CT molecular complexity index is 701. The predicted molar refractivity (Wildman–Crippen MR) is 94.0 cm³/mol. The summed E-state index contributed by atoms with van der Waals surface area (Å²) in [4.78, 5) is 18.9. The molecule has 2 aromatic rings. The Hall–Kier alpha value is -2.11. The number of hydrogen-bond acceptors (Lipinski definition) is 4. The first-order chi connectivity index (χ1) is 11.6. The van der Waals surface area contributed by atoms with Crippen LogP contribution in [0.5, 0.6) is 5.75 Å². The second-order valence-corrected chi connectivity index (χ2v) is 6.50. The van der Waals surface area contributed by atoms with Crippen molar-refractivity contribution in [2.45, 2.75) is 19.4 Å². The van der Waals surface area contributed by atoms with Crippen LogP contribution in [-0.2, 0) is 11.3 Å². The summed E-state index contributed by atoms with van der Waals surface area (Å²) in [5, 5.41) is 13.1. The number of nitrogens with zero attached hydrogens (tertiary/aromatic N) is 2. The minimum atomic E-state index is -0.0615. The molecule has 1 amide bonds. The number of amides is 1. The maximum Gasteiger partial charge on any atom is 0.227 e. The lowest BCUT2D eigenvalue weighted by molar-refractivity contribution is -0.121. The van der Waals surface area contributed by atoms with Crippen LogP contribution in [0.3, 0.4) is 0 Å². The van der Waals surface area contributed by atoms with Gasteiger partial charge in [0.1, 0.15) is 5.75 Å². The van der Waals surface area contributed by atoms with Crippen LogP contribution < -0.4 is 5.32 Å². The molecule has 126 valence electrons. The molecule has 1 aliphatic rings. The number of phenols is 1. The Morgan fingerprint density at radius 1 is 1.33 bits per heavy atom. The average Bonchev–Trinajstić information content (AvgIpc) is 2.60. The summed E-state index contributed by atoms with van der Waals surface area (Å²) in [5.74, 6) is -0.0797. The normalized spacial score (nSPS) is 16.0. The first-order valence-electron chi connectivity index (χ1n) is 8.02. The summed E-state index contributed by atoms with van der Waals surface area (Å²) in [6.07, 6.45) is 5.24. The van der Waals surface area contributed by atoms with Gasteiger partial charge in [0.2, 0.25) is 5.91 Å². The number of carbonyl (C=O) groups excluding carboxylic acids is 1. The second kappa shape index (κ2) is 7.64. The smallest absolute Gasteiger partial charge is 0.227 e. The first-order valence-corrected chi connectivity index (χ1v) is 8.40. The fourth-order valence-electron chi connectivity index (χ4n) is 2.95. The highest BCUT2D eigenvalue weighted by Gasteiger charge is 2.25. The molecule has 0 saturated carbocycles. The van der Waals surface area contributed by atoms with Gasteiger partial charge in [0.25, 0.3) is 0 Å². The number of benzene rings is 1. The number of carbonyl (C=O) groups is 1. The number of nitrogens with one attached hydrogen (secondary N) is 1. The van der Waals surface area contributed by atoms with Gasteiger partial charge in [0.05, 0.1) is 5.69 Å². The molecule has 1 aliphatic heterocycles. The van der Waals surface area contributed by atoms with E-state index in [4.69, 9.17) is 11.6 Å². The molecule has 1 aromatic heterocycles. The molecule has 24 heavy (non-hydrogen) atoms. The molecule has 2 heterocycles. The number of piperidine rings is 1. The zero-order chi connectivity index (χ0) is 16.9. The monoisotopic (exact) mass is 345 g/mol. The molecule has 0 radical (unpaired) electrons. The third-order valence-electron chi connectivity index (χ3n) is 4.30. The number of phenolic OH excluding ortho intramolecular Hbond substituents is 1. The summed E-state index contributed by atoms with van der Waals surface area (Å²) in [6, 6.07) is 8.63. The van der Waals surface area contributed by atoms with Crippen LogP contribution in [0.2, 0.25) is 5.02 Å². The molecule has 1 aromatic carbocycles. The number of hydrogen-bond donors (Lipinski definition) is 2. The number of aromatic hydroxyl groups is 1. The average molecular weight is 346 g/mol. The van der Waals surface area contributed by atoms with E-state index in [2.05, 4.69) is 21.3 Å². The largest absolute Gasteiger partial charge is 0.506 e. The van der Waals surface area contributed by atoms with Crippen LogP contribution in [0.25, 0.3) is 0 Å². The zero-order valence-corrected chi connectivity index (χ0v) is 14.0. The van der Waals surface area contributed by atoms with Gasteiger partial charge in [-0.25, -0.2) is 0 Å². The van der Waals surface area contributed by atoms with Gasteiger partial charge in [0, 0.05) is 29.9 Å².